The van der Waals surface area contributed by atoms with E-state index in [4.69, 9.17) is 10.5 Å². The van der Waals surface area contributed by atoms with Crippen LogP contribution in [0.5, 0.6) is 5.75 Å². The summed E-state index contributed by atoms with van der Waals surface area (Å²) < 4.78 is 7.59. The lowest BCUT2D eigenvalue weighted by Gasteiger charge is -2.05. The number of ether oxygens (including phenoxy) is 1. The van der Waals surface area contributed by atoms with Gasteiger partial charge in [-0.25, -0.2) is 4.68 Å². The molecule has 21 heavy (non-hydrogen) atoms. The van der Waals surface area contributed by atoms with Gasteiger partial charge in [0.1, 0.15) is 12.4 Å². The molecule has 0 fully saturated rings. The average Bonchev–Trinajstić information content (AvgIpc) is 3.03. The van der Waals surface area contributed by atoms with Crippen LogP contribution >= 0.6 is 0 Å². The molecule has 0 radical (unpaired) electrons. The molecule has 4 nitrogen and oxygen atoms in total. The van der Waals surface area contributed by atoms with Crippen molar-refractivity contribution in [1.29, 1.82) is 0 Å². The van der Waals surface area contributed by atoms with Crippen molar-refractivity contribution >= 4 is 0 Å². The Kier molecular flexibility index (Phi) is 3.98. The Hall–Kier alpha value is -2.59. The van der Waals surface area contributed by atoms with Gasteiger partial charge in [0, 0.05) is 18.3 Å². The molecule has 3 rings (SSSR count). The van der Waals surface area contributed by atoms with E-state index in [0.29, 0.717) is 13.2 Å². The summed E-state index contributed by atoms with van der Waals surface area (Å²) in [7, 11) is 0. The van der Waals surface area contributed by atoms with E-state index in [1.165, 1.54) is 0 Å². The van der Waals surface area contributed by atoms with Crippen LogP contribution in [0.3, 0.4) is 0 Å². The highest BCUT2D eigenvalue weighted by Crippen LogP contribution is 2.14. The lowest BCUT2D eigenvalue weighted by atomic mass is 10.2. The van der Waals surface area contributed by atoms with Gasteiger partial charge in [0.2, 0.25) is 0 Å². The maximum absolute atomic E-state index is 5.75. The third kappa shape index (κ3) is 3.30. The van der Waals surface area contributed by atoms with Crippen LogP contribution < -0.4 is 10.5 Å². The van der Waals surface area contributed by atoms with Gasteiger partial charge in [-0.1, -0.05) is 30.3 Å². The molecule has 3 aromatic rings. The number of rotatable bonds is 5. The van der Waals surface area contributed by atoms with Crippen LogP contribution in [0, 0.1) is 0 Å². The Morgan fingerprint density at radius 1 is 0.952 bits per heavy atom. The molecule has 0 atom stereocenters. The highest BCUT2D eigenvalue weighted by Gasteiger charge is 2.02. The molecule has 106 valence electrons. The van der Waals surface area contributed by atoms with Gasteiger partial charge in [0.25, 0.3) is 0 Å². The number of para-hydroxylation sites is 1. The van der Waals surface area contributed by atoms with Crippen molar-refractivity contribution in [3.8, 4) is 11.4 Å². The predicted molar refractivity (Wildman–Crippen MR) is 82.2 cm³/mol. The maximum Gasteiger partial charge on any atom is 0.119 e. The first-order chi connectivity index (χ1) is 10.3. The van der Waals surface area contributed by atoms with Crippen LogP contribution in [0.25, 0.3) is 5.69 Å². The fourth-order valence-corrected chi connectivity index (χ4v) is 2.04. The summed E-state index contributed by atoms with van der Waals surface area (Å²) in [4.78, 5) is 0. The van der Waals surface area contributed by atoms with Crippen molar-refractivity contribution < 1.29 is 4.74 Å². The van der Waals surface area contributed by atoms with E-state index in [9.17, 15) is 0 Å². The Balaban J connectivity index is 1.64. The largest absolute Gasteiger partial charge is 0.489 e. The van der Waals surface area contributed by atoms with Gasteiger partial charge in [-0.15, -0.1) is 0 Å². The van der Waals surface area contributed by atoms with Crippen LogP contribution in [-0.4, -0.2) is 9.78 Å². The maximum atomic E-state index is 5.75. The van der Waals surface area contributed by atoms with Gasteiger partial charge in [-0.05, 0) is 29.8 Å². The van der Waals surface area contributed by atoms with E-state index in [1.54, 1.807) is 0 Å². The van der Waals surface area contributed by atoms with E-state index in [2.05, 4.69) is 5.10 Å². The Morgan fingerprint density at radius 3 is 2.43 bits per heavy atom. The second kappa shape index (κ2) is 6.24. The smallest absolute Gasteiger partial charge is 0.119 e. The molecule has 0 amide bonds. The van der Waals surface area contributed by atoms with Crippen LogP contribution in [0.4, 0.5) is 0 Å². The number of hydrogen-bond acceptors (Lipinski definition) is 3. The second-order valence-corrected chi connectivity index (χ2v) is 4.77. The molecule has 1 heterocycles. The lowest BCUT2D eigenvalue weighted by Crippen LogP contribution is -1.97. The molecular formula is C17H17N3O. The van der Waals surface area contributed by atoms with Crippen LogP contribution in [-0.2, 0) is 13.2 Å². The SMILES string of the molecule is NCc1ccc(OCc2cnn(-c3ccccc3)c2)cc1. The Labute approximate surface area is 123 Å². The van der Waals surface area contributed by atoms with Crippen LogP contribution in [0.2, 0.25) is 0 Å². The van der Waals surface area contributed by atoms with E-state index in [-0.39, 0.29) is 0 Å². The molecule has 2 aromatic carbocycles. The summed E-state index contributed by atoms with van der Waals surface area (Å²) in [5.41, 5.74) is 8.74. The fraction of sp³-hybridized carbons (Fsp3) is 0.118. The molecule has 0 spiro atoms. The summed E-state index contributed by atoms with van der Waals surface area (Å²) in [5.74, 6) is 0.833. The summed E-state index contributed by atoms with van der Waals surface area (Å²) >= 11 is 0. The topological polar surface area (TPSA) is 53.1 Å². The minimum Gasteiger partial charge on any atom is -0.489 e. The standard InChI is InChI=1S/C17H17N3O/c18-10-14-6-8-17(9-7-14)21-13-15-11-19-20(12-15)16-4-2-1-3-5-16/h1-9,11-12H,10,13,18H2. The summed E-state index contributed by atoms with van der Waals surface area (Å²) in [6, 6.07) is 17.8. The zero-order valence-electron chi connectivity index (χ0n) is 11.6. The first-order valence-electron chi connectivity index (χ1n) is 6.86. The van der Waals surface area contributed by atoms with Gasteiger partial charge in [0.15, 0.2) is 0 Å². The van der Waals surface area contributed by atoms with Crippen molar-refractivity contribution in [1.82, 2.24) is 9.78 Å². The van der Waals surface area contributed by atoms with E-state index in [0.717, 1.165) is 22.6 Å². The van der Waals surface area contributed by atoms with Crippen molar-refractivity contribution in [2.75, 3.05) is 0 Å². The first kappa shape index (κ1) is 13.4. The number of nitrogens with zero attached hydrogens (tertiary/aromatic N) is 2. The summed E-state index contributed by atoms with van der Waals surface area (Å²) in [5, 5.41) is 4.35. The minimum atomic E-state index is 0.495. The minimum absolute atomic E-state index is 0.495. The quantitative estimate of drug-likeness (QED) is 0.781. The van der Waals surface area contributed by atoms with Crippen LogP contribution in [0.15, 0.2) is 67.0 Å². The molecule has 0 aliphatic carbocycles. The van der Waals surface area contributed by atoms with Gasteiger partial charge in [0.05, 0.1) is 11.9 Å². The van der Waals surface area contributed by atoms with E-state index in [1.807, 2.05) is 71.7 Å². The van der Waals surface area contributed by atoms with Crippen LogP contribution in [0.1, 0.15) is 11.1 Å². The average molecular weight is 279 g/mol. The summed E-state index contributed by atoms with van der Waals surface area (Å²) in [6.45, 7) is 1.04. The fourth-order valence-electron chi connectivity index (χ4n) is 2.04. The molecule has 2 N–H and O–H groups in total. The first-order valence-corrected chi connectivity index (χ1v) is 6.86. The predicted octanol–water partition coefficient (Wildman–Crippen LogP) is 2.91. The molecule has 0 aliphatic rings. The number of aromatic nitrogens is 2. The Bertz CT molecular complexity index is 690. The van der Waals surface area contributed by atoms with Crippen molar-refractivity contribution in [2.45, 2.75) is 13.2 Å². The highest BCUT2D eigenvalue weighted by atomic mass is 16.5. The number of nitrogens with two attached hydrogens (primary N) is 1. The molecule has 4 heteroatoms. The zero-order chi connectivity index (χ0) is 14.5. The van der Waals surface area contributed by atoms with Crippen molar-refractivity contribution in [2.24, 2.45) is 5.73 Å². The number of benzene rings is 2. The molecule has 0 bridgehead atoms. The van der Waals surface area contributed by atoms with Crippen molar-refractivity contribution in [3.63, 3.8) is 0 Å². The van der Waals surface area contributed by atoms with E-state index < -0.39 is 0 Å². The summed E-state index contributed by atoms with van der Waals surface area (Å²) in [6.07, 6.45) is 3.80. The second-order valence-electron chi connectivity index (χ2n) is 4.77. The molecule has 0 saturated carbocycles. The molecule has 0 aliphatic heterocycles. The molecule has 1 aromatic heterocycles. The van der Waals surface area contributed by atoms with E-state index >= 15 is 0 Å². The molecule has 0 saturated heterocycles. The van der Waals surface area contributed by atoms with Gasteiger partial charge in [-0.2, -0.15) is 5.10 Å². The normalized spacial score (nSPS) is 10.5. The van der Waals surface area contributed by atoms with Crippen molar-refractivity contribution in [3.05, 3.63) is 78.1 Å². The number of hydrogen-bond donors (Lipinski definition) is 1. The molecular weight excluding hydrogens is 262 g/mol. The third-order valence-electron chi connectivity index (χ3n) is 3.22. The highest BCUT2D eigenvalue weighted by molar-refractivity contribution is 5.31. The lowest BCUT2D eigenvalue weighted by molar-refractivity contribution is 0.306. The van der Waals surface area contributed by atoms with Gasteiger partial charge >= 0.3 is 0 Å². The van der Waals surface area contributed by atoms with Gasteiger partial charge < -0.3 is 10.5 Å². The Morgan fingerprint density at radius 2 is 1.71 bits per heavy atom. The molecule has 0 unspecified atom stereocenters. The third-order valence-corrected chi connectivity index (χ3v) is 3.22. The monoisotopic (exact) mass is 279 g/mol. The van der Waals surface area contributed by atoms with Gasteiger partial charge in [-0.3, -0.25) is 0 Å². The zero-order valence-corrected chi connectivity index (χ0v) is 11.6.